The maximum atomic E-state index is 13.3. The number of thiazole rings is 1. The zero-order valence-electron chi connectivity index (χ0n) is 12.8. The van der Waals surface area contributed by atoms with Crippen molar-refractivity contribution < 1.29 is 9.18 Å². The fraction of sp³-hybridized carbons (Fsp3) is 0.222. The van der Waals surface area contributed by atoms with Gasteiger partial charge < -0.3 is 10.3 Å². The van der Waals surface area contributed by atoms with Crippen LogP contribution in [0, 0.1) is 11.2 Å². The molecule has 0 radical (unpaired) electrons. The van der Waals surface area contributed by atoms with Gasteiger partial charge in [-0.15, -0.1) is 0 Å². The zero-order chi connectivity index (χ0) is 16.7. The zero-order valence-corrected chi connectivity index (χ0v) is 13.6. The van der Waals surface area contributed by atoms with Gasteiger partial charge in [-0.05, 0) is 55.2 Å². The Balaban J connectivity index is 1.53. The number of rotatable bonds is 4. The van der Waals surface area contributed by atoms with Crippen molar-refractivity contribution in [1.82, 2.24) is 4.98 Å². The number of fused-ring (bicyclic) bond motifs is 1. The lowest BCUT2D eigenvalue weighted by Gasteiger charge is -2.15. The highest BCUT2D eigenvalue weighted by Crippen LogP contribution is 2.49. The number of aromatic nitrogens is 1. The molecule has 1 saturated carbocycles. The number of amides is 1. The van der Waals surface area contributed by atoms with Gasteiger partial charge >= 0.3 is 4.87 Å². The van der Waals surface area contributed by atoms with Crippen molar-refractivity contribution in [2.24, 2.45) is 5.41 Å². The summed E-state index contributed by atoms with van der Waals surface area (Å²) >= 11 is 1.12. The van der Waals surface area contributed by atoms with Crippen LogP contribution in [0.4, 0.5) is 10.1 Å². The summed E-state index contributed by atoms with van der Waals surface area (Å²) in [4.78, 5) is 26.6. The summed E-state index contributed by atoms with van der Waals surface area (Å²) in [7, 11) is 0. The van der Waals surface area contributed by atoms with E-state index in [9.17, 15) is 14.0 Å². The molecule has 6 heteroatoms. The highest BCUT2D eigenvalue weighted by atomic mass is 32.1. The standard InChI is InChI=1S/C18H15FN2O2S/c19-12-3-1-2-11(8-12)10-18(6-7-18)16(22)20-13-4-5-14-15(9-13)24-17(23)21-14/h1-5,8-9H,6-7,10H2,(H,20,22)(H,21,23). The van der Waals surface area contributed by atoms with Gasteiger partial charge in [0.15, 0.2) is 0 Å². The highest BCUT2D eigenvalue weighted by Gasteiger charge is 2.49. The molecule has 2 N–H and O–H groups in total. The number of aromatic amines is 1. The van der Waals surface area contributed by atoms with E-state index >= 15 is 0 Å². The molecule has 2 aromatic carbocycles. The molecular formula is C18H15FN2O2S. The SMILES string of the molecule is O=C(Nc1ccc2[nH]c(=O)sc2c1)C1(Cc2cccc(F)c2)CC1. The van der Waals surface area contributed by atoms with Crippen molar-refractivity contribution in [2.75, 3.05) is 5.32 Å². The van der Waals surface area contributed by atoms with Gasteiger partial charge in [-0.2, -0.15) is 0 Å². The maximum absolute atomic E-state index is 13.3. The summed E-state index contributed by atoms with van der Waals surface area (Å²) in [6, 6.07) is 11.8. The number of hydrogen-bond acceptors (Lipinski definition) is 3. The Bertz CT molecular complexity index is 988. The number of carbonyl (C=O) groups is 1. The average molecular weight is 342 g/mol. The van der Waals surface area contributed by atoms with Gasteiger partial charge in [0.1, 0.15) is 5.82 Å². The molecule has 0 bridgehead atoms. The minimum atomic E-state index is -0.450. The van der Waals surface area contributed by atoms with Crippen LogP contribution in [0.25, 0.3) is 10.2 Å². The predicted octanol–water partition coefficient (Wildman–Crippen LogP) is 3.69. The van der Waals surface area contributed by atoms with Crippen LogP contribution >= 0.6 is 11.3 Å². The van der Waals surface area contributed by atoms with Crippen molar-refractivity contribution in [3.8, 4) is 0 Å². The van der Waals surface area contributed by atoms with E-state index in [0.717, 1.165) is 40.0 Å². The Morgan fingerprint density at radius 3 is 2.83 bits per heavy atom. The smallest absolute Gasteiger partial charge is 0.305 e. The van der Waals surface area contributed by atoms with Crippen molar-refractivity contribution in [3.05, 3.63) is 63.5 Å². The van der Waals surface area contributed by atoms with Crippen molar-refractivity contribution in [3.63, 3.8) is 0 Å². The first-order valence-corrected chi connectivity index (χ1v) is 8.55. The van der Waals surface area contributed by atoms with Gasteiger partial charge in [0.05, 0.1) is 15.6 Å². The van der Waals surface area contributed by atoms with Gasteiger partial charge in [-0.1, -0.05) is 23.5 Å². The number of nitrogens with one attached hydrogen (secondary N) is 2. The van der Waals surface area contributed by atoms with E-state index in [1.807, 2.05) is 6.07 Å². The molecule has 0 aliphatic heterocycles. The quantitative estimate of drug-likeness (QED) is 0.759. The van der Waals surface area contributed by atoms with Gasteiger partial charge in [-0.25, -0.2) is 4.39 Å². The van der Waals surface area contributed by atoms with Crippen LogP contribution in [0.2, 0.25) is 0 Å². The number of carbonyl (C=O) groups excluding carboxylic acids is 1. The van der Waals surface area contributed by atoms with E-state index in [2.05, 4.69) is 10.3 Å². The van der Waals surface area contributed by atoms with Crippen LogP contribution in [0.1, 0.15) is 18.4 Å². The van der Waals surface area contributed by atoms with Crippen molar-refractivity contribution in [1.29, 1.82) is 0 Å². The first-order valence-electron chi connectivity index (χ1n) is 7.73. The van der Waals surface area contributed by atoms with Gasteiger partial charge in [-0.3, -0.25) is 9.59 Å². The molecule has 1 amide bonds. The first kappa shape index (κ1) is 15.1. The molecule has 4 nitrogen and oxygen atoms in total. The third-order valence-corrected chi connectivity index (χ3v) is 5.29. The molecule has 1 fully saturated rings. The lowest BCUT2D eigenvalue weighted by atomic mass is 9.95. The molecule has 1 heterocycles. The summed E-state index contributed by atoms with van der Waals surface area (Å²) in [6.07, 6.45) is 2.14. The van der Waals surface area contributed by atoms with Crippen LogP contribution in [0.15, 0.2) is 47.3 Å². The minimum Gasteiger partial charge on any atom is -0.326 e. The molecule has 0 unspecified atom stereocenters. The van der Waals surface area contributed by atoms with Crippen LogP contribution in [-0.4, -0.2) is 10.9 Å². The minimum absolute atomic E-state index is 0.0472. The van der Waals surface area contributed by atoms with Crippen LogP contribution < -0.4 is 10.2 Å². The van der Waals surface area contributed by atoms with Gasteiger partial charge in [0.25, 0.3) is 0 Å². The lowest BCUT2D eigenvalue weighted by molar-refractivity contribution is -0.121. The molecule has 0 saturated heterocycles. The fourth-order valence-corrected chi connectivity index (χ4v) is 3.74. The second kappa shape index (κ2) is 5.56. The number of benzene rings is 2. The lowest BCUT2D eigenvalue weighted by Crippen LogP contribution is -2.26. The molecule has 1 aliphatic rings. The van der Waals surface area contributed by atoms with E-state index in [1.54, 1.807) is 24.3 Å². The number of anilines is 1. The normalized spacial score (nSPS) is 15.4. The first-order chi connectivity index (χ1) is 11.5. The molecule has 1 aromatic heterocycles. The predicted molar refractivity (Wildman–Crippen MR) is 92.8 cm³/mol. The van der Waals surface area contributed by atoms with Crippen molar-refractivity contribution in [2.45, 2.75) is 19.3 Å². The second-order valence-corrected chi connectivity index (χ2v) is 7.28. The summed E-state index contributed by atoms with van der Waals surface area (Å²) < 4.78 is 14.1. The van der Waals surface area contributed by atoms with Gasteiger partial charge in [0, 0.05) is 5.69 Å². The van der Waals surface area contributed by atoms with Crippen molar-refractivity contribution >= 4 is 33.1 Å². The molecular weight excluding hydrogens is 327 g/mol. The average Bonchev–Trinajstić information content (AvgIpc) is 3.21. The number of halogens is 1. The molecule has 4 rings (SSSR count). The molecule has 0 atom stereocenters. The fourth-order valence-electron chi connectivity index (χ4n) is 2.96. The third kappa shape index (κ3) is 2.85. The molecule has 0 spiro atoms. The Labute approximate surface area is 141 Å². The Kier molecular flexibility index (Phi) is 3.49. The van der Waals surface area contributed by atoms with Crippen LogP contribution in [0.3, 0.4) is 0 Å². The van der Waals surface area contributed by atoms with E-state index < -0.39 is 5.41 Å². The maximum Gasteiger partial charge on any atom is 0.305 e. The Morgan fingerprint density at radius 1 is 1.25 bits per heavy atom. The molecule has 24 heavy (non-hydrogen) atoms. The summed E-state index contributed by atoms with van der Waals surface area (Å²) in [6.45, 7) is 0. The highest BCUT2D eigenvalue weighted by molar-refractivity contribution is 7.16. The van der Waals surface area contributed by atoms with Gasteiger partial charge in [0.2, 0.25) is 5.91 Å². The molecule has 1 aliphatic carbocycles. The monoisotopic (exact) mass is 342 g/mol. The second-order valence-electron chi connectivity index (χ2n) is 6.27. The van der Waals surface area contributed by atoms with Crippen LogP contribution in [-0.2, 0) is 11.2 Å². The molecule has 122 valence electrons. The largest absolute Gasteiger partial charge is 0.326 e. The van der Waals surface area contributed by atoms with Crippen LogP contribution in [0.5, 0.6) is 0 Å². The van der Waals surface area contributed by atoms with E-state index in [0.29, 0.717) is 12.1 Å². The van der Waals surface area contributed by atoms with E-state index in [-0.39, 0.29) is 16.6 Å². The number of H-pyrrole nitrogens is 1. The summed E-state index contributed by atoms with van der Waals surface area (Å²) in [5.41, 5.74) is 1.83. The van der Waals surface area contributed by atoms with E-state index in [1.165, 1.54) is 12.1 Å². The Morgan fingerprint density at radius 2 is 2.08 bits per heavy atom. The topological polar surface area (TPSA) is 62.0 Å². The molecule has 3 aromatic rings. The number of hydrogen-bond donors (Lipinski definition) is 2. The van der Waals surface area contributed by atoms with E-state index in [4.69, 9.17) is 0 Å². The summed E-state index contributed by atoms with van der Waals surface area (Å²) in [5, 5.41) is 2.94. The third-order valence-electron chi connectivity index (χ3n) is 4.45. The Hall–Kier alpha value is -2.47. The summed E-state index contributed by atoms with van der Waals surface area (Å²) in [5.74, 6) is -0.328.